The van der Waals surface area contributed by atoms with Crippen LogP contribution in [0.15, 0.2) is 66.7 Å². The number of nitrogens with zero attached hydrogens (tertiary/aromatic N) is 1. The van der Waals surface area contributed by atoms with E-state index in [0.29, 0.717) is 11.6 Å². The van der Waals surface area contributed by atoms with E-state index in [1.54, 1.807) is 6.07 Å². The molecule has 3 aromatic rings. The molecule has 0 spiro atoms. The molecule has 0 aliphatic rings. The number of hydrogen-bond donors (Lipinski definition) is 2. The zero-order chi connectivity index (χ0) is 20.8. The van der Waals surface area contributed by atoms with Crippen molar-refractivity contribution in [3.05, 3.63) is 82.9 Å². The lowest BCUT2D eigenvalue weighted by Gasteiger charge is -2.26. The first-order valence-electron chi connectivity index (χ1n) is 9.41. The number of benzene rings is 3. The Labute approximate surface area is 175 Å². The van der Waals surface area contributed by atoms with Gasteiger partial charge in [0.1, 0.15) is 0 Å². The number of nitrogens with one attached hydrogen (secondary N) is 2. The van der Waals surface area contributed by atoms with Crippen LogP contribution in [0.25, 0.3) is 10.8 Å². The van der Waals surface area contributed by atoms with Crippen molar-refractivity contribution in [3.8, 4) is 0 Å². The van der Waals surface area contributed by atoms with E-state index in [4.69, 9.17) is 11.6 Å². The summed E-state index contributed by atoms with van der Waals surface area (Å²) in [5.74, 6) is -1.34. The smallest absolute Gasteiger partial charge is 0.309 e. The number of likely N-dealkylation sites (N-methyl/N-ethyl adjacent to an activating group) is 1. The number of rotatable bonds is 6. The van der Waals surface area contributed by atoms with Crippen molar-refractivity contribution in [1.29, 1.82) is 0 Å². The largest absolute Gasteiger partial charge is 0.346 e. The first-order chi connectivity index (χ1) is 14.0. The highest BCUT2D eigenvalue weighted by Gasteiger charge is 2.20. The molecule has 0 unspecified atom stereocenters. The Morgan fingerprint density at radius 3 is 2.31 bits per heavy atom. The van der Waals surface area contributed by atoms with Gasteiger partial charge in [-0.15, -0.1) is 0 Å². The predicted octanol–water partition coefficient (Wildman–Crippen LogP) is 3.53. The fourth-order valence-corrected chi connectivity index (χ4v) is 3.48. The Morgan fingerprint density at radius 2 is 1.55 bits per heavy atom. The van der Waals surface area contributed by atoms with Crippen LogP contribution in [0.4, 0.5) is 0 Å². The van der Waals surface area contributed by atoms with E-state index in [1.807, 2.05) is 55.4 Å². The third-order valence-corrected chi connectivity index (χ3v) is 5.23. The fourth-order valence-electron chi connectivity index (χ4n) is 3.28. The Kier molecular flexibility index (Phi) is 6.86. The normalized spacial score (nSPS) is 12.0. The highest BCUT2D eigenvalue weighted by Crippen LogP contribution is 2.26. The molecular weight excluding hydrogens is 386 g/mol. The molecule has 0 aliphatic carbocycles. The molecule has 3 rings (SSSR count). The molecule has 0 fully saturated rings. The van der Waals surface area contributed by atoms with Crippen molar-refractivity contribution in [2.45, 2.75) is 12.6 Å². The summed E-state index contributed by atoms with van der Waals surface area (Å²) in [6, 6.07) is 21.4. The fraction of sp³-hybridized carbons (Fsp3) is 0.217. The molecule has 0 bridgehead atoms. The lowest BCUT2D eigenvalue weighted by atomic mass is 9.98. The summed E-state index contributed by atoms with van der Waals surface area (Å²) in [4.78, 5) is 26.5. The molecule has 5 nitrogen and oxygen atoms in total. The maximum Gasteiger partial charge on any atom is 0.309 e. The van der Waals surface area contributed by atoms with E-state index in [9.17, 15) is 9.59 Å². The summed E-state index contributed by atoms with van der Waals surface area (Å²) in [6.45, 7) is 0.520. The molecule has 0 heterocycles. The number of halogens is 1. The zero-order valence-corrected chi connectivity index (χ0v) is 17.2. The maximum absolute atomic E-state index is 12.3. The van der Waals surface area contributed by atoms with Gasteiger partial charge in [0.2, 0.25) is 0 Å². The SMILES string of the molecule is CN(C)[C@@H](CNC(=O)C(=O)NCc1ccccc1Cl)c1cccc2ccccc12. The van der Waals surface area contributed by atoms with Crippen LogP contribution >= 0.6 is 11.6 Å². The van der Waals surface area contributed by atoms with Crippen molar-refractivity contribution < 1.29 is 9.59 Å². The molecule has 2 amide bonds. The molecule has 1 atom stereocenters. The Hall–Kier alpha value is -2.89. The van der Waals surface area contributed by atoms with Crippen molar-refractivity contribution in [2.24, 2.45) is 0 Å². The molecule has 0 saturated carbocycles. The molecule has 3 aromatic carbocycles. The molecule has 2 N–H and O–H groups in total. The van der Waals surface area contributed by atoms with Crippen LogP contribution in [0.1, 0.15) is 17.2 Å². The van der Waals surface area contributed by atoms with Gasteiger partial charge in [-0.2, -0.15) is 0 Å². The number of carbonyl (C=O) groups is 2. The van der Waals surface area contributed by atoms with Gasteiger partial charge in [0.25, 0.3) is 0 Å². The van der Waals surface area contributed by atoms with Crippen LogP contribution in [-0.2, 0) is 16.1 Å². The maximum atomic E-state index is 12.3. The Morgan fingerprint density at radius 1 is 0.897 bits per heavy atom. The molecule has 6 heteroatoms. The van der Waals surface area contributed by atoms with Gasteiger partial charge in [-0.3, -0.25) is 9.59 Å². The standard InChI is InChI=1S/C23H24ClN3O2/c1-27(2)21(19-12-7-10-16-8-3-5-11-18(16)19)15-26-23(29)22(28)25-14-17-9-4-6-13-20(17)24/h3-13,21H,14-15H2,1-2H3,(H,25,28)(H,26,29)/t21-/m0/s1. The van der Waals surface area contributed by atoms with E-state index in [1.165, 1.54) is 0 Å². The highest BCUT2D eigenvalue weighted by atomic mass is 35.5. The highest BCUT2D eigenvalue weighted by molar-refractivity contribution is 6.35. The average molecular weight is 410 g/mol. The zero-order valence-electron chi connectivity index (χ0n) is 16.5. The monoisotopic (exact) mass is 409 g/mol. The third-order valence-electron chi connectivity index (χ3n) is 4.87. The van der Waals surface area contributed by atoms with Crippen LogP contribution in [0.5, 0.6) is 0 Å². The van der Waals surface area contributed by atoms with E-state index < -0.39 is 11.8 Å². The van der Waals surface area contributed by atoms with Gasteiger partial charge in [0.05, 0.1) is 6.04 Å². The van der Waals surface area contributed by atoms with E-state index >= 15 is 0 Å². The minimum absolute atomic E-state index is 0.0681. The summed E-state index contributed by atoms with van der Waals surface area (Å²) in [5, 5.41) is 8.19. The van der Waals surface area contributed by atoms with Gasteiger partial charge in [-0.05, 0) is 42.1 Å². The number of fused-ring (bicyclic) bond motifs is 1. The molecule has 29 heavy (non-hydrogen) atoms. The Bertz CT molecular complexity index is 1010. The topological polar surface area (TPSA) is 61.4 Å². The van der Waals surface area contributed by atoms with Crippen molar-refractivity contribution in [2.75, 3.05) is 20.6 Å². The lowest BCUT2D eigenvalue weighted by Crippen LogP contribution is -2.43. The number of amides is 2. The second kappa shape index (κ2) is 9.54. The predicted molar refractivity (Wildman–Crippen MR) is 117 cm³/mol. The first-order valence-corrected chi connectivity index (χ1v) is 9.78. The van der Waals surface area contributed by atoms with Gasteiger partial charge in [-0.25, -0.2) is 0 Å². The minimum Gasteiger partial charge on any atom is -0.346 e. The summed E-state index contributed by atoms with van der Waals surface area (Å²) in [7, 11) is 3.91. The van der Waals surface area contributed by atoms with Crippen LogP contribution in [-0.4, -0.2) is 37.4 Å². The molecule has 150 valence electrons. The quantitative estimate of drug-likeness (QED) is 0.612. The van der Waals surface area contributed by atoms with E-state index in [2.05, 4.69) is 34.9 Å². The third kappa shape index (κ3) is 5.13. The molecule has 0 saturated heterocycles. The second-order valence-electron chi connectivity index (χ2n) is 7.03. The van der Waals surface area contributed by atoms with Gasteiger partial charge in [-0.1, -0.05) is 72.3 Å². The molecular formula is C23H24ClN3O2. The van der Waals surface area contributed by atoms with Gasteiger partial charge >= 0.3 is 11.8 Å². The second-order valence-corrected chi connectivity index (χ2v) is 7.44. The van der Waals surface area contributed by atoms with Crippen LogP contribution in [0.2, 0.25) is 5.02 Å². The summed E-state index contributed by atoms with van der Waals surface area (Å²) < 4.78 is 0. The van der Waals surface area contributed by atoms with Crippen molar-refractivity contribution in [3.63, 3.8) is 0 Å². The number of hydrogen-bond acceptors (Lipinski definition) is 3. The molecule has 0 radical (unpaired) electrons. The molecule has 0 aromatic heterocycles. The van der Waals surface area contributed by atoms with Crippen molar-refractivity contribution in [1.82, 2.24) is 15.5 Å². The number of carbonyl (C=O) groups excluding carboxylic acids is 2. The van der Waals surface area contributed by atoms with Gasteiger partial charge in [0, 0.05) is 18.1 Å². The van der Waals surface area contributed by atoms with Gasteiger partial charge < -0.3 is 15.5 Å². The minimum atomic E-state index is -0.680. The van der Waals surface area contributed by atoms with E-state index in [0.717, 1.165) is 21.9 Å². The van der Waals surface area contributed by atoms with Gasteiger partial charge in [0.15, 0.2) is 0 Å². The van der Waals surface area contributed by atoms with Crippen LogP contribution in [0.3, 0.4) is 0 Å². The van der Waals surface area contributed by atoms with Crippen LogP contribution < -0.4 is 10.6 Å². The summed E-state index contributed by atoms with van der Waals surface area (Å²) in [6.07, 6.45) is 0. The first kappa shape index (κ1) is 20.8. The van der Waals surface area contributed by atoms with Crippen LogP contribution in [0, 0.1) is 0 Å². The average Bonchev–Trinajstić information content (AvgIpc) is 2.72. The van der Waals surface area contributed by atoms with Crippen molar-refractivity contribution >= 4 is 34.2 Å². The Balaban J connectivity index is 1.65. The summed E-state index contributed by atoms with van der Waals surface area (Å²) in [5.41, 5.74) is 1.86. The lowest BCUT2D eigenvalue weighted by molar-refractivity contribution is -0.139. The van der Waals surface area contributed by atoms with E-state index in [-0.39, 0.29) is 12.6 Å². The molecule has 0 aliphatic heterocycles. The summed E-state index contributed by atoms with van der Waals surface area (Å²) >= 11 is 6.08.